The normalized spacial score (nSPS) is 14.1. The molecule has 0 saturated carbocycles. The molecule has 0 bridgehead atoms. The Morgan fingerprint density at radius 3 is 1.80 bits per heavy atom. The summed E-state index contributed by atoms with van der Waals surface area (Å²) < 4.78 is 10.4. The summed E-state index contributed by atoms with van der Waals surface area (Å²) in [6, 6.07) is 1.66. The molecule has 0 radical (unpaired) electrons. The van der Waals surface area contributed by atoms with Crippen molar-refractivity contribution in [3.8, 4) is 5.75 Å². The van der Waals surface area contributed by atoms with Crippen LogP contribution < -0.4 is 10.5 Å². The fourth-order valence-electron chi connectivity index (χ4n) is 4.64. The summed E-state index contributed by atoms with van der Waals surface area (Å²) in [7, 11) is 1.49. The van der Waals surface area contributed by atoms with Crippen molar-refractivity contribution in [3.05, 3.63) is 69.1 Å². The fourth-order valence-corrected chi connectivity index (χ4v) is 7.32. The Kier molecular flexibility index (Phi) is 28.1. The molecule has 1 aromatic rings. The van der Waals surface area contributed by atoms with E-state index in [-0.39, 0.29) is 0 Å². The number of methoxy groups -OCH3 is 1. The maximum atomic E-state index is 11.6. The quantitative estimate of drug-likeness (QED) is 0.149. The van der Waals surface area contributed by atoms with Crippen molar-refractivity contribution in [2.45, 2.75) is 96.9 Å². The van der Waals surface area contributed by atoms with Crippen molar-refractivity contribution >= 4 is 53.7 Å². The SMILES string of the molecule is C[C](=[W])N=CC=[C-]C(C)C.[CH-]=NC(C)=C[C](=[W])C(C)C.[CH-]=NC1=C([C](=[W])C(C)C)C(C)=C(C)C1C.[CH-]=Nc1cc(OC)c(C(N)=O)c(C)c1[C](=[W])C(C)C. The first-order valence-corrected chi connectivity index (χ1v) is 23.4. The Labute approximate surface area is 371 Å². The molecule has 1 aromatic carbocycles. The van der Waals surface area contributed by atoms with Gasteiger partial charge in [-0.3, -0.25) is 0 Å². The van der Waals surface area contributed by atoms with Crippen LogP contribution in [-0.4, -0.2) is 55.1 Å². The van der Waals surface area contributed by atoms with Gasteiger partial charge in [0.25, 0.3) is 0 Å². The predicted molar refractivity (Wildman–Crippen MR) is 220 cm³/mol. The van der Waals surface area contributed by atoms with E-state index in [0.29, 0.717) is 46.6 Å². The molecule has 0 spiro atoms. The molecule has 296 valence electrons. The van der Waals surface area contributed by atoms with Gasteiger partial charge in [0.2, 0.25) is 0 Å². The minimum atomic E-state index is -0.509. The molecule has 0 aromatic heterocycles. The van der Waals surface area contributed by atoms with Gasteiger partial charge in [0.05, 0.1) is 0 Å². The van der Waals surface area contributed by atoms with Gasteiger partial charge in [-0.2, -0.15) is 0 Å². The number of nitrogens with two attached hydrogens (primary N) is 1. The molecule has 11 heteroatoms. The van der Waals surface area contributed by atoms with E-state index in [1.54, 1.807) is 12.3 Å². The molecule has 2 rings (SSSR count). The van der Waals surface area contributed by atoms with Crippen LogP contribution in [0.4, 0.5) is 5.69 Å². The molecule has 0 heterocycles. The van der Waals surface area contributed by atoms with Crippen LogP contribution in [-0.2, 0) is 77.4 Å². The van der Waals surface area contributed by atoms with Crippen molar-refractivity contribution in [2.75, 3.05) is 7.11 Å². The third-order valence-electron chi connectivity index (χ3n) is 7.97. The van der Waals surface area contributed by atoms with E-state index in [1.165, 1.54) is 113 Å². The average Bonchev–Trinajstić information content (AvgIpc) is 3.31. The Balaban J connectivity index is 0. The zero-order valence-electron chi connectivity index (χ0n) is 34.7. The number of amides is 1. The topological polar surface area (TPSA) is 102 Å². The number of ether oxygens (including phenoxy) is 1. The van der Waals surface area contributed by atoms with Crippen LogP contribution in [0.1, 0.15) is 111 Å². The number of benzene rings is 1. The van der Waals surface area contributed by atoms with Crippen LogP contribution in [0.5, 0.6) is 5.75 Å². The second-order valence-corrected chi connectivity index (χ2v) is 20.7. The van der Waals surface area contributed by atoms with Gasteiger partial charge >= 0.3 is 375 Å². The summed E-state index contributed by atoms with van der Waals surface area (Å²) in [5.41, 5.74) is 14.2. The van der Waals surface area contributed by atoms with Crippen LogP contribution >= 0.6 is 0 Å². The van der Waals surface area contributed by atoms with Crippen LogP contribution in [0.2, 0.25) is 0 Å². The molecule has 2 N–H and O–H groups in total. The minimum absolute atomic E-state index is 0.350. The summed E-state index contributed by atoms with van der Waals surface area (Å²) in [4.78, 5) is 27.1. The van der Waals surface area contributed by atoms with Crippen molar-refractivity contribution in [3.63, 3.8) is 0 Å². The standard InChI is InChI=1S/C14H17N2O2.C13H18N.2C8H12N.4W/c1-8(2)6-10-9(3)13(14(15)17)12(18-5)7-11(10)16-4;1-8(2)7-12-10(4)9(3)11(5)13(12)14-6;1-7(2)5-6-8(3)9-4;1-4-9-7-5-6-8(2)3;;;;/h4,7-8H,1-3,5H3,(H2,15,17);6,8,11H,1-5H3;4,6-7H,1-3H3;5,7-8H,1-3H3;;;;/q4*-1;;;;. The van der Waals surface area contributed by atoms with E-state index in [0.717, 1.165) is 26.5 Å². The van der Waals surface area contributed by atoms with E-state index < -0.39 is 5.91 Å². The molecule has 7 nitrogen and oxygen atoms in total. The second kappa shape index (κ2) is 27.9. The maximum absolute atomic E-state index is 11.6. The predicted octanol–water partition coefficient (Wildman–Crippen LogP) is 8.83. The van der Waals surface area contributed by atoms with Crippen LogP contribution in [0.3, 0.4) is 0 Å². The monoisotopic (exact) mass is 1410 g/mol. The molecule has 0 saturated heterocycles. The third kappa shape index (κ3) is 18.5. The van der Waals surface area contributed by atoms with Crippen molar-refractivity contribution in [2.24, 2.45) is 55.3 Å². The molecule has 0 fully saturated rings. The van der Waals surface area contributed by atoms with Gasteiger partial charge < -0.3 is 0 Å². The summed E-state index contributed by atoms with van der Waals surface area (Å²) >= 11 is 5.76. The van der Waals surface area contributed by atoms with Gasteiger partial charge in [-0.1, -0.05) is 0 Å². The van der Waals surface area contributed by atoms with Gasteiger partial charge in [-0.15, -0.1) is 0 Å². The number of rotatable bonds is 14. The Hall–Kier alpha value is -1.64. The first-order valence-electron chi connectivity index (χ1n) is 17.6. The van der Waals surface area contributed by atoms with E-state index >= 15 is 0 Å². The van der Waals surface area contributed by atoms with Gasteiger partial charge in [0.15, 0.2) is 0 Å². The van der Waals surface area contributed by atoms with E-state index in [1.807, 2.05) is 32.9 Å². The number of carbonyl (C=O) groups excluding carboxylic acids is 1. The van der Waals surface area contributed by atoms with Crippen molar-refractivity contribution < 1.29 is 86.9 Å². The third-order valence-corrected chi connectivity index (χ3v) is 15.3. The number of primary amides is 1. The van der Waals surface area contributed by atoms with Gasteiger partial charge in [0, 0.05) is 0 Å². The number of hydrogen-bond acceptors (Lipinski definition) is 6. The van der Waals surface area contributed by atoms with Crippen LogP contribution in [0.15, 0.2) is 66.3 Å². The number of aliphatic imine (C=N–C) groups is 4. The zero-order valence-corrected chi connectivity index (χ0v) is 46.5. The Bertz CT molecular complexity index is 1720. The van der Waals surface area contributed by atoms with E-state index in [9.17, 15) is 4.79 Å². The van der Waals surface area contributed by atoms with Gasteiger partial charge in [0.1, 0.15) is 0 Å². The summed E-state index contributed by atoms with van der Waals surface area (Å²) in [6.45, 7) is 45.5. The molecule has 1 amide bonds. The first-order chi connectivity index (χ1) is 25.0. The number of allylic oxidation sites excluding steroid dienone is 7. The molecular formula is C43H59N5O2W4-4. The van der Waals surface area contributed by atoms with E-state index in [4.69, 9.17) is 30.6 Å². The molecule has 54 heavy (non-hydrogen) atoms. The van der Waals surface area contributed by atoms with Gasteiger partial charge in [-0.25, -0.2) is 0 Å². The number of nitrogens with zero attached hydrogens (tertiary/aromatic N) is 4. The Morgan fingerprint density at radius 2 is 1.43 bits per heavy atom. The van der Waals surface area contributed by atoms with E-state index in [2.05, 4.69) is 102 Å². The van der Waals surface area contributed by atoms with Crippen LogP contribution in [0.25, 0.3) is 0 Å². The number of hydrogen-bond donors (Lipinski definition) is 1. The fraction of sp³-hybridized carbons (Fsp3) is 0.465. The van der Waals surface area contributed by atoms with Crippen molar-refractivity contribution in [1.82, 2.24) is 0 Å². The molecular weight excluding hydrogens is 1350 g/mol. The Morgan fingerprint density at radius 1 is 0.889 bits per heavy atom. The molecule has 1 aliphatic rings. The second-order valence-electron chi connectivity index (χ2n) is 13.7. The number of carbonyl (C=O) groups is 1. The summed E-state index contributed by atoms with van der Waals surface area (Å²) in [5.74, 6) is 2.33. The molecule has 1 unspecified atom stereocenters. The molecule has 1 atom stereocenters. The summed E-state index contributed by atoms with van der Waals surface area (Å²) in [6.07, 6.45) is 8.83. The average molecular weight is 1410 g/mol. The van der Waals surface area contributed by atoms with Crippen LogP contribution in [0, 0.1) is 42.6 Å². The molecule has 0 aliphatic heterocycles. The zero-order chi connectivity index (χ0) is 42.6. The summed E-state index contributed by atoms with van der Waals surface area (Å²) in [5, 5.41) is 0. The van der Waals surface area contributed by atoms with Crippen molar-refractivity contribution in [1.29, 1.82) is 0 Å². The van der Waals surface area contributed by atoms with Gasteiger partial charge in [-0.05, 0) is 0 Å². The molecule has 1 aliphatic carbocycles. The first kappa shape index (κ1) is 54.5.